The smallest absolute Gasteiger partial charge is 0.407 e. The molecule has 2 rings (SSSR count). The molecule has 1 heterocycles. The average Bonchev–Trinajstić information content (AvgIpc) is 3.10. The summed E-state index contributed by atoms with van der Waals surface area (Å²) in [6.07, 6.45) is 0.474. The summed E-state index contributed by atoms with van der Waals surface area (Å²) in [5.74, 6) is 0. The summed E-state index contributed by atoms with van der Waals surface area (Å²) in [5, 5.41) is 2.90. The fraction of sp³-hybridized carbons (Fsp3) is 0.533. The van der Waals surface area contributed by atoms with Crippen molar-refractivity contribution in [3.05, 3.63) is 35.9 Å². The van der Waals surface area contributed by atoms with Gasteiger partial charge in [-0.25, -0.2) is 4.79 Å². The van der Waals surface area contributed by atoms with Crippen molar-refractivity contribution in [3.63, 3.8) is 0 Å². The Bertz CT molecular complexity index is 421. The molecule has 1 unspecified atom stereocenters. The van der Waals surface area contributed by atoms with E-state index in [-0.39, 0.29) is 18.2 Å². The summed E-state index contributed by atoms with van der Waals surface area (Å²) >= 11 is 0. The minimum absolute atomic E-state index is 0.0303. The Balaban J connectivity index is 1.92. The minimum Gasteiger partial charge on any atom is -0.444 e. The summed E-state index contributed by atoms with van der Waals surface area (Å²) in [4.78, 5) is 11.8. The number of hydrogen-bond acceptors (Lipinski definition) is 3. The molecule has 4 heteroatoms. The summed E-state index contributed by atoms with van der Waals surface area (Å²) in [6, 6.07) is 10.0. The Labute approximate surface area is 114 Å². The number of nitrogens with one attached hydrogen (secondary N) is 1. The van der Waals surface area contributed by atoms with Crippen LogP contribution in [0.3, 0.4) is 0 Å². The number of epoxide rings is 1. The third kappa shape index (κ3) is 4.91. The zero-order chi connectivity index (χ0) is 13.9. The van der Waals surface area contributed by atoms with Gasteiger partial charge in [0.05, 0.1) is 12.6 Å². The van der Waals surface area contributed by atoms with Crippen LogP contribution < -0.4 is 5.32 Å². The molecule has 104 valence electrons. The van der Waals surface area contributed by atoms with E-state index in [1.165, 1.54) is 5.56 Å². The fourth-order valence-corrected chi connectivity index (χ4v) is 1.89. The van der Waals surface area contributed by atoms with Gasteiger partial charge in [0.25, 0.3) is 0 Å². The van der Waals surface area contributed by atoms with E-state index in [0.29, 0.717) is 6.61 Å². The third-order valence-electron chi connectivity index (χ3n) is 2.81. The molecule has 19 heavy (non-hydrogen) atoms. The second kappa shape index (κ2) is 5.61. The molecular formula is C15H21NO3. The number of amides is 1. The molecule has 1 saturated heterocycles. The van der Waals surface area contributed by atoms with Crippen molar-refractivity contribution in [2.75, 3.05) is 6.61 Å². The van der Waals surface area contributed by atoms with Crippen LogP contribution in [0.4, 0.5) is 4.79 Å². The van der Waals surface area contributed by atoms with Crippen molar-refractivity contribution < 1.29 is 14.3 Å². The SMILES string of the molecule is CC(C)(C)OC(=O)NC(Cc1ccccc1)[C@H]1CO1. The maximum absolute atomic E-state index is 11.8. The van der Waals surface area contributed by atoms with Crippen LogP contribution in [0.25, 0.3) is 0 Å². The zero-order valence-corrected chi connectivity index (χ0v) is 11.7. The molecule has 1 aromatic carbocycles. The van der Waals surface area contributed by atoms with Gasteiger partial charge in [-0.1, -0.05) is 30.3 Å². The Morgan fingerprint density at radius 3 is 2.58 bits per heavy atom. The topological polar surface area (TPSA) is 50.9 Å². The van der Waals surface area contributed by atoms with Gasteiger partial charge in [0, 0.05) is 0 Å². The van der Waals surface area contributed by atoms with Gasteiger partial charge >= 0.3 is 6.09 Å². The highest BCUT2D eigenvalue weighted by atomic mass is 16.6. The number of carbonyl (C=O) groups excluding carboxylic acids is 1. The molecule has 1 aliphatic rings. The first kappa shape index (κ1) is 13.9. The van der Waals surface area contributed by atoms with E-state index in [4.69, 9.17) is 9.47 Å². The highest BCUT2D eigenvalue weighted by Crippen LogP contribution is 2.18. The van der Waals surface area contributed by atoms with Gasteiger partial charge in [0.2, 0.25) is 0 Å². The van der Waals surface area contributed by atoms with Gasteiger partial charge in [0.15, 0.2) is 0 Å². The maximum Gasteiger partial charge on any atom is 0.407 e. The molecule has 1 N–H and O–H groups in total. The number of hydrogen-bond donors (Lipinski definition) is 1. The summed E-state index contributed by atoms with van der Waals surface area (Å²) in [6.45, 7) is 6.26. The number of rotatable bonds is 4. The predicted molar refractivity (Wildman–Crippen MR) is 73.0 cm³/mol. The Kier molecular flexibility index (Phi) is 4.10. The molecule has 0 radical (unpaired) electrons. The lowest BCUT2D eigenvalue weighted by Crippen LogP contribution is -2.43. The monoisotopic (exact) mass is 263 g/mol. The van der Waals surface area contributed by atoms with Crippen LogP contribution in [-0.2, 0) is 15.9 Å². The third-order valence-corrected chi connectivity index (χ3v) is 2.81. The molecule has 0 bridgehead atoms. The van der Waals surface area contributed by atoms with Crippen LogP contribution in [0, 0.1) is 0 Å². The van der Waals surface area contributed by atoms with E-state index in [1.54, 1.807) is 0 Å². The van der Waals surface area contributed by atoms with Crippen LogP contribution in [0.1, 0.15) is 26.3 Å². The molecule has 0 saturated carbocycles. The maximum atomic E-state index is 11.8. The van der Waals surface area contributed by atoms with E-state index in [1.807, 2.05) is 51.1 Å². The normalized spacial score (nSPS) is 19.6. The van der Waals surface area contributed by atoms with Gasteiger partial charge < -0.3 is 14.8 Å². The van der Waals surface area contributed by atoms with E-state index >= 15 is 0 Å². The van der Waals surface area contributed by atoms with Gasteiger partial charge in [-0.05, 0) is 32.8 Å². The first-order chi connectivity index (χ1) is 8.94. The summed E-state index contributed by atoms with van der Waals surface area (Å²) < 4.78 is 10.6. The Morgan fingerprint density at radius 2 is 2.05 bits per heavy atom. The van der Waals surface area contributed by atoms with Crippen LogP contribution in [0.15, 0.2) is 30.3 Å². The lowest BCUT2D eigenvalue weighted by molar-refractivity contribution is 0.0495. The van der Waals surface area contributed by atoms with Gasteiger partial charge in [-0.3, -0.25) is 0 Å². The second-order valence-electron chi connectivity index (χ2n) is 5.81. The first-order valence-corrected chi connectivity index (χ1v) is 6.59. The molecule has 0 spiro atoms. The molecule has 1 aromatic rings. The van der Waals surface area contributed by atoms with Gasteiger partial charge in [0.1, 0.15) is 11.7 Å². The Hall–Kier alpha value is -1.55. The van der Waals surface area contributed by atoms with Crippen molar-refractivity contribution >= 4 is 6.09 Å². The number of benzene rings is 1. The van der Waals surface area contributed by atoms with Gasteiger partial charge in [-0.2, -0.15) is 0 Å². The standard InChI is InChI=1S/C15H21NO3/c1-15(2,3)19-14(17)16-12(13-10-18-13)9-11-7-5-4-6-8-11/h4-8,12-13H,9-10H2,1-3H3,(H,16,17)/t12?,13-/m1/s1. The average molecular weight is 263 g/mol. The lowest BCUT2D eigenvalue weighted by Gasteiger charge is -2.23. The van der Waals surface area contributed by atoms with Crippen molar-refractivity contribution in [2.24, 2.45) is 0 Å². The Morgan fingerprint density at radius 1 is 1.42 bits per heavy atom. The number of carbonyl (C=O) groups is 1. The highest BCUT2D eigenvalue weighted by molar-refractivity contribution is 5.68. The van der Waals surface area contributed by atoms with Crippen molar-refractivity contribution in [1.82, 2.24) is 5.32 Å². The lowest BCUT2D eigenvalue weighted by atomic mass is 10.0. The molecule has 2 atom stereocenters. The van der Waals surface area contributed by atoms with E-state index in [0.717, 1.165) is 6.42 Å². The van der Waals surface area contributed by atoms with Crippen LogP contribution >= 0.6 is 0 Å². The second-order valence-corrected chi connectivity index (χ2v) is 5.81. The minimum atomic E-state index is -0.480. The quantitative estimate of drug-likeness (QED) is 0.849. The largest absolute Gasteiger partial charge is 0.444 e. The van der Waals surface area contributed by atoms with E-state index < -0.39 is 5.60 Å². The number of alkyl carbamates (subject to hydrolysis) is 1. The predicted octanol–water partition coefficient (Wildman–Crippen LogP) is 2.52. The van der Waals surface area contributed by atoms with Crippen LogP contribution in [-0.4, -0.2) is 30.4 Å². The molecule has 1 aliphatic heterocycles. The van der Waals surface area contributed by atoms with Crippen LogP contribution in [0.5, 0.6) is 0 Å². The van der Waals surface area contributed by atoms with Crippen molar-refractivity contribution in [2.45, 2.75) is 44.9 Å². The molecule has 0 aromatic heterocycles. The van der Waals surface area contributed by atoms with Gasteiger partial charge in [-0.15, -0.1) is 0 Å². The summed E-state index contributed by atoms with van der Waals surface area (Å²) in [7, 11) is 0. The summed E-state index contributed by atoms with van der Waals surface area (Å²) in [5.41, 5.74) is 0.699. The van der Waals surface area contributed by atoms with Crippen molar-refractivity contribution in [1.29, 1.82) is 0 Å². The van der Waals surface area contributed by atoms with Crippen LogP contribution in [0.2, 0.25) is 0 Å². The highest BCUT2D eigenvalue weighted by Gasteiger charge is 2.34. The zero-order valence-electron chi connectivity index (χ0n) is 11.7. The molecule has 0 aliphatic carbocycles. The molecular weight excluding hydrogens is 242 g/mol. The number of ether oxygens (including phenoxy) is 2. The molecule has 1 amide bonds. The van der Waals surface area contributed by atoms with E-state index in [9.17, 15) is 4.79 Å². The van der Waals surface area contributed by atoms with Crippen molar-refractivity contribution in [3.8, 4) is 0 Å². The first-order valence-electron chi connectivity index (χ1n) is 6.59. The fourth-order valence-electron chi connectivity index (χ4n) is 1.89. The molecule has 1 fully saturated rings. The molecule has 4 nitrogen and oxygen atoms in total. The van der Waals surface area contributed by atoms with E-state index in [2.05, 4.69) is 5.32 Å².